The van der Waals surface area contributed by atoms with Gasteiger partial charge >= 0.3 is 8.80 Å². The maximum Gasteiger partial charge on any atom is 0.503 e. The minimum absolute atomic E-state index is 0.0551. The predicted octanol–water partition coefficient (Wildman–Crippen LogP) is 2.39. The van der Waals surface area contributed by atoms with Crippen LogP contribution in [0.15, 0.2) is 12.2 Å². The number of hydrogen-bond acceptors (Lipinski definition) is 5. The molecule has 1 fully saturated rings. The van der Waals surface area contributed by atoms with Gasteiger partial charge in [0.25, 0.3) is 0 Å². The Labute approximate surface area is 123 Å². The van der Waals surface area contributed by atoms with Gasteiger partial charge in [0.2, 0.25) is 0 Å². The lowest BCUT2D eigenvalue weighted by molar-refractivity contribution is 0.0376. The van der Waals surface area contributed by atoms with Crippen molar-refractivity contribution in [1.29, 1.82) is 0 Å². The number of rotatable bonds is 12. The van der Waals surface area contributed by atoms with Gasteiger partial charge in [0.15, 0.2) is 0 Å². The molecule has 1 saturated heterocycles. The fraction of sp³-hybridized carbons (Fsp3) is 0.857. The second-order valence-corrected chi connectivity index (χ2v) is 7.18. The molecule has 2 atom stereocenters. The molecule has 0 spiro atoms. The van der Waals surface area contributed by atoms with Crippen molar-refractivity contribution in [2.24, 2.45) is 0 Å². The van der Waals surface area contributed by atoms with E-state index in [0.717, 1.165) is 6.61 Å². The quantitative estimate of drug-likeness (QED) is 0.315. The van der Waals surface area contributed by atoms with Gasteiger partial charge in [-0.15, -0.1) is 0 Å². The third kappa shape index (κ3) is 6.47. The average Bonchev–Trinajstić information content (AvgIpc) is 3.21. The second kappa shape index (κ2) is 9.65. The Kier molecular flexibility index (Phi) is 8.59. The van der Waals surface area contributed by atoms with Crippen LogP contribution in [0.5, 0.6) is 0 Å². The van der Waals surface area contributed by atoms with E-state index in [0.29, 0.717) is 32.5 Å². The Bertz CT molecular complexity index is 264. The van der Waals surface area contributed by atoms with Crippen molar-refractivity contribution >= 4 is 8.80 Å². The second-order valence-electron chi connectivity index (χ2n) is 4.54. The molecule has 1 heterocycles. The summed E-state index contributed by atoms with van der Waals surface area (Å²) in [5, 5.41) is 0. The molecule has 20 heavy (non-hydrogen) atoms. The van der Waals surface area contributed by atoms with Gasteiger partial charge in [-0.3, -0.25) is 0 Å². The van der Waals surface area contributed by atoms with Crippen molar-refractivity contribution in [2.75, 3.05) is 33.0 Å². The molecule has 1 aliphatic rings. The number of epoxide rings is 1. The van der Waals surface area contributed by atoms with Crippen LogP contribution in [0.1, 0.15) is 27.7 Å². The number of ether oxygens (including phenoxy) is 2. The first-order valence-electron chi connectivity index (χ1n) is 7.47. The summed E-state index contributed by atoms with van der Waals surface area (Å²) >= 11 is 0. The molecule has 0 N–H and O–H groups in total. The lowest BCUT2D eigenvalue weighted by Gasteiger charge is -2.30. The van der Waals surface area contributed by atoms with Gasteiger partial charge in [-0.25, -0.2) is 0 Å². The van der Waals surface area contributed by atoms with Crippen molar-refractivity contribution in [3.63, 3.8) is 0 Å². The lowest BCUT2D eigenvalue weighted by atomic mass is 10.3. The van der Waals surface area contributed by atoms with E-state index in [-0.39, 0.29) is 12.2 Å². The van der Waals surface area contributed by atoms with E-state index >= 15 is 0 Å². The van der Waals surface area contributed by atoms with E-state index < -0.39 is 8.80 Å². The molecule has 1 aliphatic heterocycles. The van der Waals surface area contributed by atoms with E-state index in [1.165, 1.54) is 0 Å². The van der Waals surface area contributed by atoms with Gasteiger partial charge < -0.3 is 22.8 Å². The van der Waals surface area contributed by atoms with Crippen LogP contribution in [-0.4, -0.2) is 54.0 Å². The SMILES string of the molecule is C/C=C/C(C[Si](OCC)(OCC)OCC)OCC1CO1. The van der Waals surface area contributed by atoms with Crippen LogP contribution < -0.4 is 0 Å². The summed E-state index contributed by atoms with van der Waals surface area (Å²) < 4.78 is 28.6. The Hall–Kier alpha value is -0.243. The van der Waals surface area contributed by atoms with Gasteiger partial charge in [0.05, 0.1) is 19.3 Å². The van der Waals surface area contributed by atoms with Crippen LogP contribution in [0.3, 0.4) is 0 Å². The number of hydrogen-bond donors (Lipinski definition) is 0. The van der Waals surface area contributed by atoms with Crippen LogP contribution in [0.2, 0.25) is 6.04 Å². The molecule has 0 aromatic carbocycles. The molecule has 5 nitrogen and oxygen atoms in total. The summed E-state index contributed by atoms with van der Waals surface area (Å²) in [7, 11) is -2.66. The first-order valence-corrected chi connectivity index (χ1v) is 9.40. The lowest BCUT2D eigenvalue weighted by Crippen LogP contribution is -2.48. The molecule has 0 radical (unpaired) electrons. The van der Waals surface area contributed by atoms with Crippen molar-refractivity contribution in [3.8, 4) is 0 Å². The normalized spacial score (nSPS) is 20.5. The Morgan fingerprint density at radius 2 is 1.70 bits per heavy atom. The van der Waals surface area contributed by atoms with Crippen LogP contribution in [0.4, 0.5) is 0 Å². The monoisotopic (exact) mass is 304 g/mol. The molecular formula is C14H28O5Si. The Morgan fingerprint density at radius 1 is 1.15 bits per heavy atom. The number of allylic oxidation sites excluding steroid dienone is 1. The third-order valence-electron chi connectivity index (χ3n) is 2.85. The van der Waals surface area contributed by atoms with Crippen molar-refractivity contribution in [3.05, 3.63) is 12.2 Å². The van der Waals surface area contributed by atoms with Crippen LogP contribution in [-0.2, 0) is 22.8 Å². The zero-order chi connectivity index (χ0) is 14.8. The van der Waals surface area contributed by atoms with E-state index in [1.807, 2.05) is 39.8 Å². The van der Waals surface area contributed by atoms with E-state index in [4.69, 9.17) is 22.8 Å². The molecular weight excluding hydrogens is 276 g/mol. The summed E-state index contributed by atoms with van der Waals surface area (Å²) in [4.78, 5) is 0. The Morgan fingerprint density at radius 3 is 2.10 bits per heavy atom. The highest BCUT2D eigenvalue weighted by atomic mass is 28.4. The summed E-state index contributed by atoms with van der Waals surface area (Å²) in [6, 6.07) is 0.638. The molecule has 0 aliphatic carbocycles. The fourth-order valence-electron chi connectivity index (χ4n) is 2.00. The van der Waals surface area contributed by atoms with E-state index in [9.17, 15) is 0 Å². The van der Waals surface area contributed by atoms with E-state index in [1.54, 1.807) is 0 Å². The maximum atomic E-state index is 5.88. The van der Waals surface area contributed by atoms with Gasteiger partial charge in [-0.2, -0.15) is 0 Å². The van der Waals surface area contributed by atoms with Crippen molar-refractivity contribution in [1.82, 2.24) is 0 Å². The molecule has 0 bridgehead atoms. The molecule has 118 valence electrons. The molecule has 2 unspecified atom stereocenters. The van der Waals surface area contributed by atoms with Gasteiger partial charge in [0.1, 0.15) is 6.10 Å². The first kappa shape index (κ1) is 17.8. The van der Waals surface area contributed by atoms with Gasteiger partial charge in [-0.1, -0.05) is 12.2 Å². The zero-order valence-electron chi connectivity index (χ0n) is 13.1. The molecule has 0 aromatic heterocycles. The minimum atomic E-state index is -2.66. The minimum Gasteiger partial charge on any atom is -0.374 e. The zero-order valence-corrected chi connectivity index (χ0v) is 14.1. The largest absolute Gasteiger partial charge is 0.503 e. The van der Waals surface area contributed by atoms with Crippen molar-refractivity contribution in [2.45, 2.75) is 45.9 Å². The highest BCUT2D eigenvalue weighted by molar-refractivity contribution is 6.60. The van der Waals surface area contributed by atoms with Crippen LogP contribution >= 0.6 is 0 Å². The van der Waals surface area contributed by atoms with Crippen molar-refractivity contribution < 1.29 is 22.8 Å². The topological polar surface area (TPSA) is 49.5 Å². The van der Waals surface area contributed by atoms with Gasteiger partial charge in [-0.05, 0) is 27.7 Å². The summed E-state index contributed by atoms with van der Waals surface area (Å²) in [5.41, 5.74) is 0. The summed E-state index contributed by atoms with van der Waals surface area (Å²) in [6.45, 7) is 11.0. The molecule has 6 heteroatoms. The fourth-order valence-corrected chi connectivity index (χ4v) is 4.67. The predicted molar refractivity (Wildman–Crippen MR) is 79.7 cm³/mol. The maximum absolute atomic E-state index is 5.88. The van der Waals surface area contributed by atoms with Crippen LogP contribution in [0, 0.1) is 0 Å². The van der Waals surface area contributed by atoms with E-state index in [2.05, 4.69) is 0 Å². The summed E-state index contributed by atoms with van der Waals surface area (Å²) in [5.74, 6) is 0. The molecule has 1 rings (SSSR count). The third-order valence-corrected chi connectivity index (χ3v) is 5.94. The molecule has 0 amide bonds. The standard InChI is InChI=1S/C14H28O5Si/c1-5-9-13(15-10-14-11-16-14)12-20(17-6-2,18-7-3)19-8-4/h5,9,13-14H,6-8,10-12H2,1-4H3/b9-5+. The Balaban J connectivity index is 2.63. The van der Waals surface area contributed by atoms with Gasteiger partial charge in [0, 0.05) is 25.9 Å². The smallest absolute Gasteiger partial charge is 0.374 e. The average molecular weight is 304 g/mol. The van der Waals surface area contributed by atoms with Crippen LogP contribution in [0.25, 0.3) is 0 Å². The molecule has 0 aromatic rings. The highest BCUT2D eigenvalue weighted by Crippen LogP contribution is 2.22. The first-order chi connectivity index (χ1) is 9.69. The molecule has 0 saturated carbocycles. The summed E-state index contributed by atoms with van der Waals surface area (Å²) in [6.07, 6.45) is 4.22. The highest BCUT2D eigenvalue weighted by Gasteiger charge is 2.43.